The van der Waals surface area contributed by atoms with Crippen molar-refractivity contribution in [3.8, 4) is 0 Å². The fourth-order valence-electron chi connectivity index (χ4n) is 6.86. The molecular weight excluding hydrogens is 793 g/mol. The number of hydrogen-bond donors (Lipinski definition) is 0. The van der Waals surface area contributed by atoms with Crippen molar-refractivity contribution < 1.29 is 28.6 Å². The second-order valence-electron chi connectivity index (χ2n) is 17.0. The summed E-state index contributed by atoms with van der Waals surface area (Å²) >= 11 is 0. The lowest BCUT2D eigenvalue weighted by Gasteiger charge is -2.18. The summed E-state index contributed by atoms with van der Waals surface area (Å²) in [5.41, 5.74) is 0. The molecule has 0 amide bonds. The first-order valence-electron chi connectivity index (χ1n) is 26.2. The van der Waals surface area contributed by atoms with E-state index in [-0.39, 0.29) is 31.1 Å². The number of carbonyl (C=O) groups excluding carboxylic acids is 3. The number of rotatable bonds is 46. The van der Waals surface area contributed by atoms with Crippen LogP contribution in [0, 0.1) is 0 Å². The normalized spacial score (nSPS) is 12.9. The van der Waals surface area contributed by atoms with Crippen LogP contribution in [0.5, 0.6) is 0 Å². The average Bonchev–Trinajstić information content (AvgIpc) is 3.29. The van der Waals surface area contributed by atoms with Gasteiger partial charge in [0.05, 0.1) is 0 Å². The molecule has 0 aromatic carbocycles. The standard InChI is InChI=1S/C58H96O6/c1-4-7-10-13-16-19-22-24-25-26-27-28-29-30-31-32-33-35-36-39-42-45-48-51-57(60)63-54-55(53-62-56(59)50-47-44-41-38-21-18-15-12-9-6-3)64-58(61)52-49-46-43-40-37-34-23-20-17-14-11-8-5-2/h7,10-12,14-16,19-20,23-25,27-28,30-31,55H,4-6,8-9,13,17-18,21-22,26,29,32-54H2,1-3H3/b10-7-,14-11-,15-12-,19-16-,23-20-,25-24-,28-27-,31-30-. The van der Waals surface area contributed by atoms with E-state index in [1.807, 2.05) is 0 Å². The smallest absolute Gasteiger partial charge is 0.306 e. The minimum absolute atomic E-state index is 0.0923. The van der Waals surface area contributed by atoms with Crippen LogP contribution in [0.15, 0.2) is 97.2 Å². The van der Waals surface area contributed by atoms with E-state index >= 15 is 0 Å². The Balaban J connectivity index is 4.33. The van der Waals surface area contributed by atoms with Crippen molar-refractivity contribution in [2.24, 2.45) is 0 Å². The van der Waals surface area contributed by atoms with Crippen LogP contribution in [0.1, 0.15) is 233 Å². The van der Waals surface area contributed by atoms with Crippen LogP contribution in [0.2, 0.25) is 0 Å². The quantitative estimate of drug-likeness (QED) is 0.0262. The van der Waals surface area contributed by atoms with E-state index in [1.165, 1.54) is 44.9 Å². The van der Waals surface area contributed by atoms with Gasteiger partial charge >= 0.3 is 17.9 Å². The number of hydrogen-bond acceptors (Lipinski definition) is 6. The number of unbranched alkanes of at least 4 members (excludes halogenated alkanes) is 19. The number of ether oxygens (including phenoxy) is 3. The predicted molar refractivity (Wildman–Crippen MR) is 274 cm³/mol. The van der Waals surface area contributed by atoms with Crippen molar-refractivity contribution in [2.45, 2.75) is 239 Å². The molecule has 0 rings (SSSR count). The van der Waals surface area contributed by atoms with E-state index in [1.54, 1.807) is 0 Å². The van der Waals surface area contributed by atoms with Gasteiger partial charge in [0.15, 0.2) is 6.10 Å². The zero-order chi connectivity index (χ0) is 46.5. The van der Waals surface area contributed by atoms with Crippen LogP contribution in [0.4, 0.5) is 0 Å². The number of esters is 3. The van der Waals surface area contributed by atoms with E-state index < -0.39 is 6.10 Å². The van der Waals surface area contributed by atoms with E-state index in [0.29, 0.717) is 19.3 Å². The van der Waals surface area contributed by atoms with Crippen molar-refractivity contribution in [1.82, 2.24) is 0 Å². The molecule has 1 unspecified atom stereocenters. The highest BCUT2D eigenvalue weighted by molar-refractivity contribution is 5.71. The summed E-state index contributed by atoms with van der Waals surface area (Å²) in [7, 11) is 0. The molecule has 0 aliphatic heterocycles. The first kappa shape index (κ1) is 60.3. The van der Waals surface area contributed by atoms with Gasteiger partial charge in [-0.3, -0.25) is 14.4 Å². The molecule has 6 nitrogen and oxygen atoms in total. The summed E-state index contributed by atoms with van der Waals surface area (Å²) in [6.45, 7) is 6.36. The molecule has 364 valence electrons. The van der Waals surface area contributed by atoms with Gasteiger partial charge in [-0.05, 0) is 109 Å². The SMILES string of the molecule is CC/C=C\C/C=C\C/C=C\C/C=C\C/C=C\CCCCCCCCCC(=O)OCC(COC(=O)CCCCCCC/C=C\CCC)OC(=O)CCCCCCC/C=C\C/C=C\CCC. The van der Waals surface area contributed by atoms with Crippen LogP contribution in [-0.4, -0.2) is 37.2 Å². The lowest BCUT2D eigenvalue weighted by Crippen LogP contribution is -2.30. The molecule has 0 saturated carbocycles. The first-order chi connectivity index (χ1) is 31.5. The highest BCUT2D eigenvalue weighted by Crippen LogP contribution is 2.14. The third-order valence-electron chi connectivity index (χ3n) is 10.8. The molecule has 0 spiro atoms. The zero-order valence-electron chi connectivity index (χ0n) is 41.5. The van der Waals surface area contributed by atoms with E-state index in [4.69, 9.17) is 14.2 Å². The summed E-state index contributed by atoms with van der Waals surface area (Å²) in [6.07, 6.45) is 68.2. The molecule has 1 atom stereocenters. The van der Waals surface area contributed by atoms with Gasteiger partial charge in [-0.2, -0.15) is 0 Å². The molecule has 0 heterocycles. The zero-order valence-corrected chi connectivity index (χ0v) is 41.5. The van der Waals surface area contributed by atoms with E-state index in [0.717, 1.165) is 148 Å². The molecule has 0 aromatic heterocycles. The van der Waals surface area contributed by atoms with Crippen molar-refractivity contribution >= 4 is 17.9 Å². The van der Waals surface area contributed by atoms with Crippen LogP contribution in [0.25, 0.3) is 0 Å². The van der Waals surface area contributed by atoms with Gasteiger partial charge in [0.2, 0.25) is 0 Å². The Morgan fingerprint density at radius 2 is 0.609 bits per heavy atom. The predicted octanol–water partition coefficient (Wildman–Crippen LogP) is 17.4. The fraction of sp³-hybridized carbons (Fsp3) is 0.672. The second-order valence-corrected chi connectivity index (χ2v) is 17.0. The van der Waals surface area contributed by atoms with Crippen LogP contribution in [0.3, 0.4) is 0 Å². The van der Waals surface area contributed by atoms with Crippen molar-refractivity contribution in [3.63, 3.8) is 0 Å². The van der Waals surface area contributed by atoms with Gasteiger partial charge in [-0.25, -0.2) is 0 Å². The minimum Gasteiger partial charge on any atom is -0.462 e. The Morgan fingerprint density at radius 3 is 0.984 bits per heavy atom. The third-order valence-corrected chi connectivity index (χ3v) is 10.8. The lowest BCUT2D eigenvalue weighted by atomic mass is 10.1. The summed E-state index contributed by atoms with van der Waals surface area (Å²) in [5, 5.41) is 0. The topological polar surface area (TPSA) is 78.9 Å². The molecule has 0 aromatic rings. The molecule has 0 radical (unpaired) electrons. The fourth-order valence-corrected chi connectivity index (χ4v) is 6.86. The van der Waals surface area contributed by atoms with Crippen LogP contribution < -0.4 is 0 Å². The maximum Gasteiger partial charge on any atom is 0.306 e. The molecular formula is C58H96O6. The molecule has 64 heavy (non-hydrogen) atoms. The van der Waals surface area contributed by atoms with E-state index in [9.17, 15) is 14.4 Å². The number of carbonyl (C=O) groups is 3. The second kappa shape index (κ2) is 52.0. The molecule has 0 N–H and O–H groups in total. The molecule has 0 bridgehead atoms. The first-order valence-corrected chi connectivity index (χ1v) is 26.2. The summed E-state index contributed by atoms with van der Waals surface area (Å²) < 4.78 is 16.7. The monoisotopic (exact) mass is 889 g/mol. The lowest BCUT2D eigenvalue weighted by molar-refractivity contribution is -0.167. The Labute approximate surface area is 394 Å². The van der Waals surface area contributed by atoms with Gasteiger partial charge in [0.1, 0.15) is 13.2 Å². The molecule has 6 heteroatoms. The maximum atomic E-state index is 12.8. The van der Waals surface area contributed by atoms with Gasteiger partial charge in [0.25, 0.3) is 0 Å². The van der Waals surface area contributed by atoms with Gasteiger partial charge in [-0.15, -0.1) is 0 Å². The highest BCUT2D eigenvalue weighted by atomic mass is 16.6. The van der Waals surface area contributed by atoms with E-state index in [2.05, 4.69) is 118 Å². The molecule has 0 aliphatic rings. The summed E-state index contributed by atoms with van der Waals surface area (Å²) in [5.74, 6) is -0.932. The molecule has 0 saturated heterocycles. The maximum absolute atomic E-state index is 12.8. The molecule has 0 fully saturated rings. The summed E-state index contributed by atoms with van der Waals surface area (Å²) in [4.78, 5) is 37.9. The Morgan fingerprint density at radius 1 is 0.328 bits per heavy atom. The van der Waals surface area contributed by atoms with Crippen molar-refractivity contribution in [2.75, 3.05) is 13.2 Å². The minimum atomic E-state index is -0.792. The number of allylic oxidation sites excluding steroid dienone is 16. The van der Waals surface area contributed by atoms with Gasteiger partial charge in [-0.1, -0.05) is 201 Å². The highest BCUT2D eigenvalue weighted by Gasteiger charge is 2.19. The van der Waals surface area contributed by atoms with Crippen molar-refractivity contribution in [3.05, 3.63) is 97.2 Å². The Bertz CT molecular complexity index is 1300. The average molecular weight is 889 g/mol. The summed E-state index contributed by atoms with van der Waals surface area (Å²) in [6, 6.07) is 0. The third kappa shape index (κ3) is 49.3. The van der Waals surface area contributed by atoms with Crippen LogP contribution in [-0.2, 0) is 28.6 Å². The Kier molecular flexibility index (Phi) is 49.0. The van der Waals surface area contributed by atoms with Gasteiger partial charge < -0.3 is 14.2 Å². The Hall–Kier alpha value is -3.67. The van der Waals surface area contributed by atoms with Crippen LogP contribution >= 0.6 is 0 Å². The molecule has 0 aliphatic carbocycles. The largest absolute Gasteiger partial charge is 0.462 e. The van der Waals surface area contributed by atoms with Crippen molar-refractivity contribution in [1.29, 1.82) is 0 Å². The van der Waals surface area contributed by atoms with Gasteiger partial charge in [0, 0.05) is 19.3 Å².